The molecule has 0 aromatic rings. The monoisotopic (exact) mass is 475 g/mol. The van der Waals surface area contributed by atoms with Crippen molar-refractivity contribution in [2.45, 2.75) is 76.7 Å². The molecule has 0 radical (unpaired) electrons. The summed E-state index contributed by atoms with van der Waals surface area (Å²) in [5.41, 5.74) is 10.6. The number of hydrogen-bond donors (Lipinski definition) is 8. The second-order valence-electron chi connectivity index (χ2n) is 7.71. The predicted octanol–water partition coefficient (Wildman–Crippen LogP) is -2.98. The first-order valence-corrected chi connectivity index (χ1v) is 10.3. The third-order valence-electron chi connectivity index (χ3n) is 4.88. The third kappa shape index (κ3) is 10.7. The number of amides is 4. The molecule has 6 unspecified atom stereocenters. The van der Waals surface area contributed by atoms with Crippen molar-refractivity contribution in [3.63, 3.8) is 0 Å². The van der Waals surface area contributed by atoms with E-state index in [2.05, 4.69) is 16.0 Å². The van der Waals surface area contributed by atoms with Gasteiger partial charge in [0.2, 0.25) is 23.6 Å². The van der Waals surface area contributed by atoms with Crippen molar-refractivity contribution in [2.75, 3.05) is 0 Å². The number of nitrogens with two attached hydrogens (primary N) is 2. The number of aliphatic hydroxyl groups excluding tert-OH is 1. The molecule has 0 saturated carbocycles. The maximum Gasteiger partial charge on any atom is 0.326 e. The summed E-state index contributed by atoms with van der Waals surface area (Å²) in [5, 5.41) is 34.6. The van der Waals surface area contributed by atoms with E-state index >= 15 is 0 Å². The van der Waals surface area contributed by atoms with Gasteiger partial charge in [-0.25, -0.2) is 4.79 Å². The summed E-state index contributed by atoms with van der Waals surface area (Å²) in [4.78, 5) is 70.6. The molecular weight excluding hydrogens is 442 g/mol. The van der Waals surface area contributed by atoms with Crippen molar-refractivity contribution in [1.29, 1.82) is 0 Å². The van der Waals surface area contributed by atoms with Crippen molar-refractivity contribution in [3.8, 4) is 0 Å². The van der Waals surface area contributed by atoms with Crippen LogP contribution >= 0.6 is 0 Å². The van der Waals surface area contributed by atoms with Gasteiger partial charge in [-0.1, -0.05) is 20.3 Å². The Bertz CT molecular complexity index is 743. The van der Waals surface area contributed by atoms with E-state index in [1.807, 2.05) is 0 Å². The second kappa shape index (κ2) is 14.0. The summed E-state index contributed by atoms with van der Waals surface area (Å²) in [6, 6.07) is -5.67. The number of carbonyl (C=O) groups is 6. The third-order valence-corrected chi connectivity index (χ3v) is 4.88. The van der Waals surface area contributed by atoms with Crippen LogP contribution in [0, 0.1) is 5.92 Å². The second-order valence-corrected chi connectivity index (χ2v) is 7.71. The number of aliphatic hydroxyl groups is 1. The highest BCUT2D eigenvalue weighted by Gasteiger charge is 2.34. The Labute approximate surface area is 190 Å². The molecule has 6 atom stereocenters. The summed E-state index contributed by atoms with van der Waals surface area (Å²) in [6.45, 7) is 4.55. The van der Waals surface area contributed by atoms with Gasteiger partial charge in [-0.3, -0.25) is 24.0 Å². The molecule has 0 fully saturated rings. The van der Waals surface area contributed by atoms with Crippen LogP contribution in [0.4, 0.5) is 0 Å². The van der Waals surface area contributed by atoms with Crippen LogP contribution in [0.15, 0.2) is 0 Å². The smallest absolute Gasteiger partial charge is 0.326 e. The number of carboxylic acids is 2. The zero-order chi connectivity index (χ0) is 25.9. The fraction of sp³-hybridized carbons (Fsp3) is 0.684. The molecule has 33 heavy (non-hydrogen) atoms. The normalized spacial score (nSPS) is 16.3. The number of hydrogen-bond acceptors (Lipinski definition) is 8. The molecule has 0 aliphatic carbocycles. The Hall–Kier alpha value is -3.26. The summed E-state index contributed by atoms with van der Waals surface area (Å²) in [7, 11) is 0. The standard InChI is InChI=1S/C19H33N5O9/c1-4-8(2)14(23-16(29)10(20)7-12(21)26)17(30)24-15(9(3)25)18(31)22-11(19(32)33)5-6-13(27)28/h8-11,14-15,25H,4-7,20H2,1-3H3,(H2,21,26)(H,22,31)(H,23,29)(H,24,30)(H,27,28)(H,32,33). The van der Waals surface area contributed by atoms with Gasteiger partial charge in [0.15, 0.2) is 0 Å². The number of primary amides is 1. The zero-order valence-corrected chi connectivity index (χ0v) is 18.7. The molecule has 0 heterocycles. The highest BCUT2D eigenvalue weighted by molar-refractivity contribution is 5.95. The quantitative estimate of drug-likeness (QED) is 0.119. The first kappa shape index (κ1) is 29.7. The number of aliphatic carboxylic acids is 2. The topological polar surface area (TPSA) is 251 Å². The molecule has 14 nitrogen and oxygen atoms in total. The zero-order valence-electron chi connectivity index (χ0n) is 18.7. The van der Waals surface area contributed by atoms with E-state index in [4.69, 9.17) is 16.6 Å². The average molecular weight is 475 g/mol. The van der Waals surface area contributed by atoms with Crippen LogP contribution in [-0.2, 0) is 28.8 Å². The van der Waals surface area contributed by atoms with Crippen LogP contribution in [0.5, 0.6) is 0 Å². The number of carboxylic acid groups (broad SMARTS) is 2. The molecule has 0 aliphatic rings. The summed E-state index contributed by atoms with van der Waals surface area (Å²) in [6.07, 6.45) is -2.44. The van der Waals surface area contributed by atoms with Crippen molar-refractivity contribution < 1.29 is 44.1 Å². The van der Waals surface area contributed by atoms with Gasteiger partial charge in [-0.15, -0.1) is 0 Å². The molecule has 0 aromatic carbocycles. The summed E-state index contributed by atoms with van der Waals surface area (Å²) >= 11 is 0. The molecular formula is C19H33N5O9. The molecule has 0 bridgehead atoms. The Kier molecular flexibility index (Phi) is 12.6. The minimum atomic E-state index is -1.60. The van der Waals surface area contributed by atoms with Gasteiger partial charge in [0, 0.05) is 6.42 Å². The average Bonchev–Trinajstić information content (AvgIpc) is 2.70. The highest BCUT2D eigenvalue weighted by atomic mass is 16.4. The van der Waals surface area contributed by atoms with Crippen molar-refractivity contribution in [1.82, 2.24) is 16.0 Å². The summed E-state index contributed by atoms with van der Waals surface area (Å²) in [5.74, 6) is -6.77. The molecule has 0 rings (SSSR count). The van der Waals surface area contributed by atoms with Gasteiger partial charge >= 0.3 is 11.9 Å². The van der Waals surface area contributed by atoms with Crippen LogP contribution in [0.25, 0.3) is 0 Å². The van der Waals surface area contributed by atoms with Gasteiger partial charge in [-0.2, -0.15) is 0 Å². The maximum absolute atomic E-state index is 12.8. The minimum Gasteiger partial charge on any atom is -0.481 e. The lowest BCUT2D eigenvalue weighted by Crippen LogP contribution is -2.61. The van der Waals surface area contributed by atoms with E-state index in [9.17, 15) is 39.0 Å². The molecule has 14 heteroatoms. The molecule has 0 saturated heterocycles. The Morgan fingerprint density at radius 1 is 0.879 bits per heavy atom. The summed E-state index contributed by atoms with van der Waals surface area (Å²) < 4.78 is 0. The van der Waals surface area contributed by atoms with Gasteiger partial charge in [0.1, 0.15) is 18.1 Å². The lowest BCUT2D eigenvalue weighted by Gasteiger charge is -2.28. The van der Waals surface area contributed by atoms with Crippen molar-refractivity contribution >= 4 is 35.6 Å². The maximum atomic E-state index is 12.8. The first-order valence-electron chi connectivity index (χ1n) is 10.3. The lowest BCUT2D eigenvalue weighted by atomic mass is 9.97. The Morgan fingerprint density at radius 2 is 1.39 bits per heavy atom. The molecule has 0 spiro atoms. The molecule has 10 N–H and O–H groups in total. The van der Waals surface area contributed by atoms with Crippen LogP contribution in [0.2, 0.25) is 0 Å². The highest BCUT2D eigenvalue weighted by Crippen LogP contribution is 2.10. The minimum absolute atomic E-state index is 0.416. The van der Waals surface area contributed by atoms with E-state index in [1.165, 1.54) is 6.92 Å². The van der Waals surface area contributed by atoms with Gasteiger partial charge in [-0.05, 0) is 19.3 Å². The van der Waals surface area contributed by atoms with E-state index in [0.29, 0.717) is 6.42 Å². The Balaban J connectivity index is 5.48. The van der Waals surface area contributed by atoms with Gasteiger partial charge in [0.25, 0.3) is 0 Å². The fourth-order valence-corrected chi connectivity index (χ4v) is 2.71. The largest absolute Gasteiger partial charge is 0.481 e. The van der Waals surface area contributed by atoms with Crippen LogP contribution in [0.1, 0.15) is 46.5 Å². The van der Waals surface area contributed by atoms with E-state index < -0.39 is 91.0 Å². The number of rotatable bonds is 15. The van der Waals surface area contributed by atoms with Crippen LogP contribution in [-0.4, -0.2) is 81.2 Å². The van der Waals surface area contributed by atoms with E-state index in [1.54, 1.807) is 13.8 Å². The van der Waals surface area contributed by atoms with Crippen molar-refractivity contribution in [2.24, 2.45) is 17.4 Å². The van der Waals surface area contributed by atoms with E-state index in [0.717, 1.165) is 0 Å². The first-order chi connectivity index (χ1) is 15.2. The number of carbonyl (C=O) groups excluding carboxylic acids is 4. The molecule has 4 amide bonds. The van der Waals surface area contributed by atoms with Gasteiger partial charge in [0.05, 0.1) is 18.6 Å². The van der Waals surface area contributed by atoms with Gasteiger partial charge < -0.3 is 42.7 Å². The number of nitrogens with one attached hydrogen (secondary N) is 3. The molecule has 188 valence electrons. The van der Waals surface area contributed by atoms with E-state index in [-0.39, 0.29) is 0 Å². The fourth-order valence-electron chi connectivity index (χ4n) is 2.71. The molecule has 0 aromatic heterocycles. The van der Waals surface area contributed by atoms with Crippen LogP contribution < -0.4 is 27.4 Å². The SMILES string of the molecule is CCC(C)C(NC(=O)C(N)CC(N)=O)C(=O)NC(C(=O)NC(CCC(=O)O)C(=O)O)C(C)O. The molecule has 0 aliphatic heterocycles. The lowest BCUT2D eigenvalue weighted by molar-refractivity contribution is -0.144. The Morgan fingerprint density at radius 3 is 1.82 bits per heavy atom. The van der Waals surface area contributed by atoms with Crippen LogP contribution in [0.3, 0.4) is 0 Å². The predicted molar refractivity (Wildman–Crippen MR) is 113 cm³/mol. The van der Waals surface area contributed by atoms with Crippen molar-refractivity contribution in [3.05, 3.63) is 0 Å².